The Balaban J connectivity index is 2.32. The Morgan fingerprint density at radius 3 is 3.08 bits per heavy atom. The molecule has 1 aliphatic rings. The molecule has 2 N–H and O–H groups in total. The summed E-state index contributed by atoms with van der Waals surface area (Å²) in [5, 5.41) is 12.8. The molecule has 0 aliphatic carbocycles. The molecule has 1 saturated heterocycles. The van der Waals surface area contributed by atoms with Gasteiger partial charge in [0.05, 0.1) is 6.54 Å². The fourth-order valence-corrected chi connectivity index (χ4v) is 0.730. The van der Waals surface area contributed by atoms with E-state index in [9.17, 15) is 4.79 Å². The zero-order chi connectivity index (χ0) is 8.81. The second-order valence-electron chi connectivity index (χ2n) is 2.44. The molecular weight excluding hydrogens is 156 g/mol. The number of nitrogens with one attached hydrogen (secondary N) is 2. The highest BCUT2D eigenvalue weighted by atomic mass is 16.2. The maximum atomic E-state index is 10.6. The van der Waals surface area contributed by atoms with E-state index >= 15 is 0 Å². The lowest BCUT2D eigenvalue weighted by atomic mass is 10.4. The van der Waals surface area contributed by atoms with Crippen LogP contribution in [0.2, 0.25) is 0 Å². The molecular formula is C7H12N4O. The molecule has 5 heteroatoms. The highest BCUT2D eigenvalue weighted by Crippen LogP contribution is 1.84. The lowest BCUT2D eigenvalue weighted by Crippen LogP contribution is -2.24. The molecule has 0 aromatic rings. The average Bonchev–Trinajstić information content (AvgIpc) is 2.45. The predicted molar refractivity (Wildman–Crippen MR) is 47.0 cm³/mol. The number of hydrogen-bond donors (Lipinski definition) is 2. The Morgan fingerprint density at radius 1 is 1.67 bits per heavy atom. The minimum absolute atomic E-state index is 0.0700. The van der Waals surface area contributed by atoms with Crippen molar-refractivity contribution in [1.82, 2.24) is 10.6 Å². The summed E-state index contributed by atoms with van der Waals surface area (Å²) in [6.07, 6.45) is 3.68. The van der Waals surface area contributed by atoms with E-state index in [0.29, 0.717) is 12.5 Å². The number of amides is 1. The van der Waals surface area contributed by atoms with Gasteiger partial charge in [-0.15, -0.1) is 5.10 Å². The average molecular weight is 168 g/mol. The molecule has 1 amide bonds. The zero-order valence-electron chi connectivity index (χ0n) is 7.00. The van der Waals surface area contributed by atoms with E-state index in [1.807, 2.05) is 0 Å². The molecule has 5 nitrogen and oxygen atoms in total. The van der Waals surface area contributed by atoms with Crippen molar-refractivity contribution in [3.8, 4) is 0 Å². The standard InChI is InChI=1S/C7H12N4O/c1-2-3-4-9-11-7-8-5-6(12)10-7/h4H,2-3,5H2,1H3,(H2,8,10,11,12). The van der Waals surface area contributed by atoms with Crippen LogP contribution >= 0.6 is 0 Å². The van der Waals surface area contributed by atoms with Gasteiger partial charge in [0.15, 0.2) is 0 Å². The van der Waals surface area contributed by atoms with Crippen molar-refractivity contribution in [2.75, 3.05) is 6.54 Å². The van der Waals surface area contributed by atoms with Crippen LogP contribution in [0.25, 0.3) is 0 Å². The minimum Gasteiger partial charge on any atom is -0.345 e. The van der Waals surface area contributed by atoms with Crippen LogP contribution < -0.4 is 10.6 Å². The monoisotopic (exact) mass is 168 g/mol. The lowest BCUT2D eigenvalue weighted by Gasteiger charge is -1.90. The maximum Gasteiger partial charge on any atom is 0.246 e. The molecule has 66 valence electrons. The van der Waals surface area contributed by atoms with Crippen LogP contribution in [0.5, 0.6) is 0 Å². The molecule has 1 rings (SSSR count). The van der Waals surface area contributed by atoms with Crippen molar-refractivity contribution in [3.05, 3.63) is 0 Å². The second kappa shape index (κ2) is 4.48. The number of rotatable bonds is 3. The van der Waals surface area contributed by atoms with Crippen molar-refractivity contribution in [2.45, 2.75) is 19.8 Å². The summed E-state index contributed by atoms with van der Waals surface area (Å²) in [6, 6.07) is 0. The van der Waals surface area contributed by atoms with Gasteiger partial charge in [-0.3, -0.25) is 10.1 Å². The Labute approximate surface area is 70.9 Å². The Kier molecular flexibility index (Phi) is 3.25. The van der Waals surface area contributed by atoms with Crippen LogP contribution in [0.3, 0.4) is 0 Å². The SMILES string of the molecule is CCCC=NN=C1NCC(=O)N1. The molecule has 0 bridgehead atoms. The van der Waals surface area contributed by atoms with E-state index < -0.39 is 0 Å². The first kappa shape index (κ1) is 8.70. The lowest BCUT2D eigenvalue weighted by molar-refractivity contribution is -0.117. The Bertz CT molecular complexity index is 221. The first-order chi connectivity index (χ1) is 5.83. The molecule has 12 heavy (non-hydrogen) atoms. The number of hydrogen-bond acceptors (Lipinski definition) is 3. The third kappa shape index (κ3) is 2.69. The van der Waals surface area contributed by atoms with Gasteiger partial charge < -0.3 is 5.32 Å². The first-order valence-corrected chi connectivity index (χ1v) is 3.96. The van der Waals surface area contributed by atoms with Gasteiger partial charge in [-0.1, -0.05) is 13.3 Å². The number of carbonyl (C=O) groups excluding carboxylic acids is 1. The summed E-state index contributed by atoms with van der Waals surface area (Å²) in [4.78, 5) is 10.6. The third-order valence-electron chi connectivity index (χ3n) is 1.33. The zero-order valence-corrected chi connectivity index (χ0v) is 7.00. The predicted octanol–water partition coefficient (Wildman–Crippen LogP) is -0.152. The molecule has 1 aliphatic heterocycles. The number of unbranched alkanes of at least 4 members (excludes halogenated alkanes) is 1. The number of carbonyl (C=O) groups is 1. The van der Waals surface area contributed by atoms with Gasteiger partial charge >= 0.3 is 0 Å². The van der Waals surface area contributed by atoms with Crippen LogP contribution in [0.1, 0.15) is 19.8 Å². The van der Waals surface area contributed by atoms with Gasteiger partial charge in [-0.05, 0) is 6.42 Å². The molecule has 0 aromatic carbocycles. The first-order valence-electron chi connectivity index (χ1n) is 3.96. The largest absolute Gasteiger partial charge is 0.345 e. The molecule has 1 heterocycles. The molecule has 0 atom stereocenters. The fraction of sp³-hybridized carbons (Fsp3) is 0.571. The van der Waals surface area contributed by atoms with Gasteiger partial charge in [0.25, 0.3) is 0 Å². The molecule has 0 radical (unpaired) electrons. The van der Waals surface area contributed by atoms with Gasteiger partial charge in [-0.25, -0.2) is 0 Å². The van der Waals surface area contributed by atoms with Crippen molar-refractivity contribution < 1.29 is 4.79 Å². The third-order valence-corrected chi connectivity index (χ3v) is 1.33. The number of nitrogens with zero attached hydrogens (tertiary/aromatic N) is 2. The Hall–Kier alpha value is -1.39. The molecule has 0 spiro atoms. The summed E-state index contributed by atoms with van der Waals surface area (Å²) in [7, 11) is 0. The maximum absolute atomic E-state index is 10.6. The van der Waals surface area contributed by atoms with E-state index in [1.54, 1.807) is 6.21 Å². The van der Waals surface area contributed by atoms with Crippen molar-refractivity contribution in [3.63, 3.8) is 0 Å². The van der Waals surface area contributed by atoms with Gasteiger partial charge in [0.1, 0.15) is 0 Å². The summed E-state index contributed by atoms with van der Waals surface area (Å²) in [5.41, 5.74) is 0. The minimum atomic E-state index is -0.0700. The van der Waals surface area contributed by atoms with Crippen LogP contribution in [0.15, 0.2) is 10.2 Å². The highest BCUT2D eigenvalue weighted by Gasteiger charge is 2.13. The summed E-state index contributed by atoms with van der Waals surface area (Å²) in [5.74, 6) is 0.367. The second-order valence-corrected chi connectivity index (χ2v) is 2.44. The summed E-state index contributed by atoms with van der Waals surface area (Å²) in [6.45, 7) is 2.36. The van der Waals surface area contributed by atoms with Gasteiger partial charge in [0, 0.05) is 6.21 Å². The van der Waals surface area contributed by atoms with E-state index in [1.165, 1.54) is 0 Å². The van der Waals surface area contributed by atoms with Gasteiger partial charge in [0.2, 0.25) is 11.9 Å². The van der Waals surface area contributed by atoms with E-state index in [2.05, 4.69) is 27.8 Å². The Morgan fingerprint density at radius 2 is 2.50 bits per heavy atom. The normalized spacial score (nSPS) is 20.1. The quantitative estimate of drug-likeness (QED) is 0.454. The van der Waals surface area contributed by atoms with Crippen molar-refractivity contribution >= 4 is 18.1 Å². The van der Waals surface area contributed by atoms with Crippen LogP contribution in [0, 0.1) is 0 Å². The topological polar surface area (TPSA) is 65.8 Å². The summed E-state index contributed by atoms with van der Waals surface area (Å²) >= 11 is 0. The smallest absolute Gasteiger partial charge is 0.246 e. The highest BCUT2D eigenvalue weighted by molar-refractivity contribution is 6.04. The van der Waals surface area contributed by atoms with Crippen molar-refractivity contribution in [2.24, 2.45) is 10.2 Å². The molecule has 0 unspecified atom stereocenters. The molecule has 0 saturated carbocycles. The van der Waals surface area contributed by atoms with Crippen LogP contribution in [0.4, 0.5) is 0 Å². The fourth-order valence-electron chi connectivity index (χ4n) is 0.730. The van der Waals surface area contributed by atoms with Crippen molar-refractivity contribution in [1.29, 1.82) is 0 Å². The van der Waals surface area contributed by atoms with E-state index in [-0.39, 0.29) is 5.91 Å². The van der Waals surface area contributed by atoms with Crippen LogP contribution in [-0.2, 0) is 4.79 Å². The molecule has 0 aromatic heterocycles. The van der Waals surface area contributed by atoms with E-state index in [4.69, 9.17) is 0 Å². The number of guanidine groups is 1. The van der Waals surface area contributed by atoms with E-state index in [0.717, 1.165) is 12.8 Å². The summed E-state index contributed by atoms with van der Waals surface area (Å²) < 4.78 is 0. The van der Waals surface area contributed by atoms with Crippen LogP contribution in [-0.4, -0.2) is 24.6 Å². The van der Waals surface area contributed by atoms with Gasteiger partial charge in [-0.2, -0.15) is 5.10 Å². The molecule has 1 fully saturated rings.